The van der Waals surface area contributed by atoms with Crippen molar-refractivity contribution in [3.63, 3.8) is 0 Å². The Morgan fingerprint density at radius 3 is 2.56 bits per heavy atom. The number of carbonyl (C=O) groups is 1. The molecule has 1 heterocycles. The highest BCUT2D eigenvalue weighted by molar-refractivity contribution is 7.12. The Labute approximate surface area is 101 Å². The SMILES string of the molecule is O=C(c1sccc1Cl)C1CCC(F)(F)CC1. The van der Waals surface area contributed by atoms with E-state index in [1.165, 1.54) is 11.3 Å². The summed E-state index contributed by atoms with van der Waals surface area (Å²) in [4.78, 5) is 12.5. The van der Waals surface area contributed by atoms with E-state index in [-0.39, 0.29) is 37.4 Å². The van der Waals surface area contributed by atoms with Crippen LogP contribution in [0.15, 0.2) is 11.4 Å². The molecule has 88 valence electrons. The van der Waals surface area contributed by atoms with Crippen molar-refractivity contribution in [2.24, 2.45) is 5.92 Å². The maximum atomic E-state index is 12.9. The van der Waals surface area contributed by atoms with Crippen LogP contribution in [0.5, 0.6) is 0 Å². The van der Waals surface area contributed by atoms with E-state index in [2.05, 4.69) is 0 Å². The zero-order valence-electron chi connectivity index (χ0n) is 8.51. The molecule has 0 aliphatic heterocycles. The molecule has 16 heavy (non-hydrogen) atoms. The number of ketones is 1. The molecule has 0 spiro atoms. The number of halogens is 3. The molecule has 0 aromatic carbocycles. The van der Waals surface area contributed by atoms with Gasteiger partial charge in [0.1, 0.15) is 0 Å². The molecule has 2 rings (SSSR count). The molecular formula is C11H11ClF2OS. The fourth-order valence-electron chi connectivity index (χ4n) is 1.96. The second-order valence-corrected chi connectivity index (χ2v) is 5.42. The van der Waals surface area contributed by atoms with Gasteiger partial charge in [0.25, 0.3) is 0 Å². The van der Waals surface area contributed by atoms with Crippen LogP contribution in [0.25, 0.3) is 0 Å². The van der Waals surface area contributed by atoms with E-state index >= 15 is 0 Å². The van der Waals surface area contributed by atoms with E-state index in [4.69, 9.17) is 11.6 Å². The maximum absolute atomic E-state index is 12.9. The van der Waals surface area contributed by atoms with Gasteiger partial charge < -0.3 is 0 Å². The number of hydrogen-bond donors (Lipinski definition) is 0. The number of thiophene rings is 1. The van der Waals surface area contributed by atoms with E-state index in [1.54, 1.807) is 11.4 Å². The Bertz CT molecular complexity index is 392. The largest absolute Gasteiger partial charge is 0.293 e. The molecule has 0 amide bonds. The van der Waals surface area contributed by atoms with E-state index in [9.17, 15) is 13.6 Å². The molecular weight excluding hydrogens is 254 g/mol. The van der Waals surface area contributed by atoms with Crippen LogP contribution >= 0.6 is 22.9 Å². The minimum atomic E-state index is -2.59. The van der Waals surface area contributed by atoms with Crippen molar-refractivity contribution in [2.75, 3.05) is 0 Å². The van der Waals surface area contributed by atoms with Gasteiger partial charge in [-0.25, -0.2) is 8.78 Å². The minimum Gasteiger partial charge on any atom is -0.293 e. The summed E-state index contributed by atoms with van der Waals surface area (Å²) in [7, 11) is 0. The number of carbonyl (C=O) groups excluding carboxylic acids is 1. The van der Waals surface area contributed by atoms with Gasteiger partial charge in [-0.05, 0) is 24.3 Å². The van der Waals surface area contributed by atoms with Crippen LogP contribution in [-0.4, -0.2) is 11.7 Å². The van der Waals surface area contributed by atoms with E-state index in [0.29, 0.717) is 9.90 Å². The summed E-state index contributed by atoms with van der Waals surface area (Å²) < 4.78 is 25.9. The number of alkyl halides is 2. The number of rotatable bonds is 2. The van der Waals surface area contributed by atoms with Gasteiger partial charge in [0.15, 0.2) is 5.78 Å². The molecule has 1 fully saturated rings. The maximum Gasteiger partial charge on any atom is 0.248 e. The Morgan fingerprint density at radius 2 is 2.06 bits per heavy atom. The molecule has 5 heteroatoms. The third kappa shape index (κ3) is 2.43. The van der Waals surface area contributed by atoms with Crippen molar-refractivity contribution in [1.29, 1.82) is 0 Å². The lowest BCUT2D eigenvalue weighted by atomic mass is 9.84. The lowest BCUT2D eigenvalue weighted by Crippen LogP contribution is -2.28. The molecule has 0 bridgehead atoms. The Kier molecular flexibility index (Phi) is 3.31. The summed E-state index contributed by atoms with van der Waals surface area (Å²) in [6.45, 7) is 0. The normalized spacial score (nSPS) is 20.9. The van der Waals surface area contributed by atoms with Crippen molar-refractivity contribution >= 4 is 28.7 Å². The first-order valence-electron chi connectivity index (χ1n) is 5.15. The highest BCUT2D eigenvalue weighted by Gasteiger charge is 2.38. The smallest absolute Gasteiger partial charge is 0.248 e. The Hall–Kier alpha value is -0.480. The summed E-state index contributed by atoms with van der Waals surface area (Å²) in [5, 5.41) is 2.18. The van der Waals surface area contributed by atoms with Crippen LogP contribution in [0.1, 0.15) is 35.4 Å². The number of Topliss-reactive ketones (excluding diaryl/α,β-unsaturated/α-hetero) is 1. The second-order valence-electron chi connectivity index (χ2n) is 4.09. The highest BCUT2D eigenvalue weighted by atomic mass is 35.5. The van der Waals surface area contributed by atoms with Crippen molar-refractivity contribution in [1.82, 2.24) is 0 Å². The van der Waals surface area contributed by atoms with Gasteiger partial charge in [-0.3, -0.25) is 4.79 Å². The van der Waals surface area contributed by atoms with Crippen molar-refractivity contribution in [2.45, 2.75) is 31.6 Å². The van der Waals surface area contributed by atoms with Crippen molar-refractivity contribution in [3.8, 4) is 0 Å². The molecule has 0 unspecified atom stereocenters. The van der Waals surface area contributed by atoms with Gasteiger partial charge in [-0.2, -0.15) is 0 Å². The van der Waals surface area contributed by atoms with Crippen LogP contribution in [0, 0.1) is 5.92 Å². The van der Waals surface area contributed by atoms with Crippen molar-refractivity contribution < 1.29 is 13.6 Å². The first-order valence-corrected chi connectivity index (χ1v) is 6.40. The summed E-state index contributed by atoms with van der Waals surface area (Å²) in [6, 6.07) is 1.66. The third-order valence-electron chi connectivity index (χ3n) is 2.93. The topological polar surface area (TPSA) is 17.1 Å². The summed E-state index contributed by atoms with van der Waals surface area (Å²) in [5.74, 6) is -2.94. The van der Waals surface area contributed by atoms with Crippen LogP contribution in [0.3, 0.4) is 0 Å². The molecule has 0 saturated heterocycles. The van der Waals surface area contributed by atoms with Crippen LogP contribution in [0.2, 0.25) is 5.02 Å². The second kappa shape index (κ2) is 4.41. The average molecular weight is 265 g/mol. The fourth-order valence-corrected chi connectivity index (χ4v) is 3.13. The van der Waals surface area contributed by atoms with Gasteiger partial charge in [-0.15, -0.1) is 11.3 Å². The number of hydrogen-bond acceptors (Lipinski definition) is 2. The Balaban J connectivity index is 2.05. The predicted molar refractivity (Wildman–Crippen MR) is 60.6 cm³/mol. The lowest BCUT2D eigenvalue weighted by molar-refractivity contribution is -0.0423. The van der Waals surface area contributed by atoms with E-state index < -0.39 is 5.92 Å². The first-order chi connectivity index (χ1) is 7.49. The minimum absolute atomic E-state index is 0.0736. The lowest BCUT2D eigenvalue weighted by Gasteiger charge is -2.27. The first kappa shape index (κ1) is 12.0. The fraction of sp³-hybridized carbons (Fsp3) is 0.545. The van der Waals surface area contributed by atoms with Gasteiger partial charge in [0.05, 0.1) is 9.90 Å². The van der Waals surface area contributed by atoms with Gasteiger partial charge in [-0.1, -0.05) is 11.6 Å². The molecule has 0 atom stereocenters. The summed E-state index contributed by atoms with van der Waals surface area (Å²) >= 11 is 7.13. The summed E-state index contributed by atoms with van der Waals surface area (Å²) in [6.07, 6.45) is 0.152. The third-order valence-corrected chi connectivity index (χ3v) is 4.28. The zero-order chi connectivity index (χ0) is 11.8. The van der Waals surface area contributed by atoms with Gasteiger partial charge in [0, 0.05) is 18.8 Å². The van der Waals surface area contributed by atoms with Crippen LogP contribution in [-0.2, 0) is 0 Å². The van der Waals surface area contributed by atoms with Crippen LogP contribution in [0.4, 0.5) is 8.78 Å². The van der Waals surface area contributed by atoms with Gasteiger partial charge in [0.2, 0.25) is 5.92 Å². The monoisotopic (exact) mass is 264 g/mol. The average Bonchev–Trinajstić information content (AvgIpc) is 2.63. The van der Waals surface area contributed by atoms with Crippen LogP contribution < -0.4 is 0 Å². The molecule has 0 radical (unpaired) electrons. The van der Waals surface area contributed by atoms with Gasteiger partial charge >= 0.3 is 0 Å². The highest BCUT2D eigenvalue weighted by Crippen LogP contribution is 2.38. The van der Waals surface area contributed by atoms with Crippen molar-refractivity contribution in [3.05, 3.63) is 21.3 Å². The molecule has 1 aliphatic carbocycles. The molecule has 1 aromatic rings. The molecule has 1 aromatic heterocycles. The van der Waals surface area contributed by atoms with E-state index in [0.717, 1.165) is 0 Å². The molecule has 1 aliphatic rings. The molecule has 0 N–H and O–H groups in total. The summed E-state index contributed by atoms with van der Waals surface area (Å²) in [5.41, 5.74) is 0. The molecule has 1 nitrogen and oxygen atoms in total. The Morgan fingerprint density at radius 1 is 1.44 bits per heavy atom. The standard InChI is InChI=1S/C11H11ClF2OS/c12-8-3-6-16-10(8)9(15)7-1-4-11(13,14)5-2-7/h3,6-7H,1-2,4-5H2. The quantitative estimate of drug-likeness (QED) is 0.723. The zero-order valence-corrected chi connectivity index (χ0v) is 10.1. The molecule has 1 saturated carbocycles. The van der Waals surface area contributed by atoms with E-state index in [1.807, 2.05) is 0 Å². The predicted octanol–water partition coefficient (Wildman–Crippen LogP) is 4.41.